The van der Waals surface area contributed by atoms with Crippen LogP contribution in [0.15, 0.2) is 41.3 Å². The number of piperidine rings is 1. The van der Waals surface area contributed by atoms with Gasteiger partial charge < -0.3 is 11.1 Å². The van der Waals surface area contributed by atoms with E-state index in [1.165, 1.54) is 28.6 Å². The molecule has 0 aliphatic carbocycles. The fourth-order valence-electron chi connectivity index (χ4n) is 3.21. The van der Waals surface area contributed by atoms with E-state index in [1.54, 1.807) is 0 Å². The second-order valence-corrected chi connectivity index (χ2v) is 9.55. The lowest BCUT2D eigenvalue weighted by molar-refractivity contribution is -0.120. The standard InChI is InChI=1S/C19H18Cl2FN3O4S/c20-12-1-3-15(21)17(9-12)30(28,29)25-7-5-11(6-8-25)19(27)24-13-2-4-16(22)14(10-13)18(23)26/h1-4,9-11H,5-8H2,(H2,23,26)(H,24,27). The summed E-state index contributed by atoms with van der Waals surface area (Å²) < 4.78 is 40.6. The molecule has 2 amide bonds. The zero-order valence-electron chi connectivity index (χ0n) is 15.6. The Bertz CT molecular complexity index is 1100. The van der Waals surface area contributed by atoms with E-state index >= 15 is 0 Å². The number of hydrogen-bond donors (Lipinski definition) is 2. The van der Waals surface area contributed by atoms with E-state index in [1.807, 2.05) is 0 Å². The van der Waals surface area contributed by atoms with Crippen LogP contribution < -0.4 is 11.1 Å². The molecule has 3 rings (SSSR count). The summed E-state index contributed by atoms with van der Waals surface area (Å²) in [6.07, 6.45) is 0.570. The number of nitrogens with one attached hydrogen (secondary N) is 1. The van der Waals surface area contributed by atoms with E-state index in [0.29, 0.717) is 0 Å². The topological polar surface area (TPSA) is 110 Å². The molecule has 0 aromatic heterocycles. The van der Waals surface area contributed by atoms with Gasteiger partial charge in [-0.25, -0.2) is 12.8 Å². The van der Waals surface area contributed by atoms with Gasteiger partial charge in [0.05, 0.1) is 10.6 Å². The third kappa shape index (κ3) is 4.75. The fraction of sp³-hybridized carbons (Fsp3) is 0.263. The lowest BCUT2D eigenvalue weighted by Gasteiger charge is -2.30. The fourth-order valence-corrected chi connectivity index (χ4v) is 5.42. The molecule has 30 heavy (non-hydrogen) atoms. The van der Waals surface area contributed by atoms with Crippen molar-refractivity contribution in [1.82, 2.24) is 4.31 Å². The van der Waals surface area contributed by atoms with Gasteiger partial charge in [-0.3, -0.25) is 9.59 Å². The first-order valence-electron chi connectivity index (χ1n) is 8.95. The number of amides is 2. The molecule has 0 saturated carbocycles. The number of benzene rings is 2. The molecule has 2 aromatic rings. The maximum absolute atomic E-state index is 13.6. The SMILES string of the molecule is NC(=O)c1cc(NC(=O)C2CCN(S(=O)(=O)c3cc(Cl)ccc3Cl)CC2)ccc1F. The quantitative estimate of drug-likeness (QED) is 0.693. The van der Waals surface area contributed by atoms with Gasteiger partial charge in [-0.05, 0) is 49.2 Å². The Kier molecular flexibility index (Phi) is 6.66. The predicted octanol–water partition coefficient (Wildman–Crippen LogP) is 3.27. The maximum atomic E-state index is 13.6. The minimum atomic E-state index is -3.85. The van der Waals surface area contributed by atoms with E-state index in [-0.39, 0.29) is 58.0 Å². The first-order valence-corrected chi connectivity index (χ1v) is 11.1. The van der Waals surface area contributed by atoms with Crippen LogP contribution in [-0.4, -0.2) is 37.6 Å². The Morgan fingerprint density at radius 2 is 1.77 bits per heavy atom. The largest absolute Gasteiger partial charge is 0.366 e. The Balaban J connectivity index is 1.67. The smallest absolute Gasteiger partial charge is 0.251 e. The minimum Gasteiger partial charge on any atom is -0.366 e. The molecule has 11 heteroatoms. The first-order chi connectivity index (χ1) is 14.1. The van der Waals surface area contributed by atoms with E-state index in [2.05, 4.69) is 5.32 Å². The molecule has 0 spiro atoms. The van der Waals surface area contributed by atoms with Crippen molar-refractivity contribution in [2.24, 2.45) is 11.7 Å². The van der Waals surface area contributed by atoms with Crippen molar-refractivity contribution in [3.63, 3.8) is 0 Å². The van der Waals surface area contributed by atoms with Crippen LogP contribution in [0.3, 0.4) is 0 Å². The van der Waals surface area contributed by atoms with Crippen LogP contribution in [0, 0.1) is 11.7 Å². The zero-order chi connectivity index (χ0) is 22.1. The van der Waals surface area contributed by atoms with E-state index in [4.69, 9.17) is 28.9 Å². The van der Waals surface area contributed by atoms with Crippen molar-refractivity contribution >= 4 is 50.7 Å². The van der Waals surface area contributed by atoms with Gasteiger partial charge in [-0.2, -0.15) is 4.31 Å². The monoisotopic (exact) mass is 473 g/mol. The second kappa shape index (κ2) is 8.89. The number of anilines is 1. The maximum Gasteiger partial charge on any atom is 0.251 e. The summed E-state index contributed by atoms with van der Waals surface area (Å²) in [6, 6.07) is 7.73. The first kappa shape index (κ1) is 22.5. The van der Waals surface area contributed by atoms with E-state index in [0.717, 1.165) is 12.1 Å². The van der Waals surface area contributed by atoms with Crippen molar-refractivity contribution in [3.05, 3.63) is 57.8 Å². The number of carbonyl (C=O) groups is 2. The molecule has 7 nitrogen and oxygen atoms in total. The van der Waals surface area contributed by atoms with Crippen LogP contribution in [0.25, 0.3) is 0 Å². The summed E-state index contributed by atoms with van der Waals surface area (Å²) in [7, 11) is -3.85. The summed E-state index contributed by atoms with van der Waals surface area (Å²) in [5.41, 5.74) is 5.01. The van der Waals surface area contributed by atoms with Crippen LogP contribution in [0.4, 0.5) is 10.1 Å². The molecule has 160 valence electrons. The van der Waals surface area contributed by atoms with Gasteiger partial charge in [0, 0.05) is 29.7 Å². The van der Waals surface area contributed by atoms with Crippen molar-refractivity contribution < 1.29 is 22.4 Å². The molecule has 0 atom stereocenters. The number of sulfonamides is 1. The van der Waals surface area contributed by atoms with Crippen LogP contribution in [0.1, 0.15) is 23.2 Å². The van der Waals surface area contributed by atoms with Crippen LogP contribution in [0.2, 0.25) is 10.0 Å². The van der Waals surface area contributed by atoms with Gasteiger partial charge in [0.1, 0.15) is 10.7 Å². The van der Waals surface area contributed by atoms with Crippen molar-refractivity contribution in [2.45, 2.75) is 17.7 Å². The number of carbonyl (C=O) groups excluding carboxylic acids is 2. The molecular formula is C19H18Cl2FN3O4S. The molecule has 1 heterocycles. The average molecular weight is 474 g/mol. The summed E-state index contributed by atoms with van der Waals surface area (Å²) in [4.78, 5) is 23.7. The van der Waals surface area contributed by atoms with Gasteiger partial charge in [-0.1, -0.05) is 23.2 Å². The number of nitrogens with two attached hydrogens (primary N) is 1. The Morgan fingerprint density at radius 1 is 1.10 bits per heavy atom. The van der Waals surface area contributed by atoms with Gasteiger partial charge in [0.15, 0.2) is 0 Å². The number of hydrogen-bond acceptors (Lipinski definition) is 4. The summed E-state index contributed by atoms with van der Waals surface area (Å²) >= 11 is 11.9. The number of nitrogens with zero attached hydrogens (tertiary/aromatic N) is 1. The molecule has 0 unspecified atom stereocenters. The highest BCUT2D eigenvalue weighted by Crippen LogP contribution is 2.30. The number of halogens is 3. The summed E-state index contributed by atoms with van der Waals surface area (Å²) in [6.45, 7) is 0.248. The van der Waals surface area contributed by atoms with Gasteiger partial charge in [-0.15, -0.1) is 0 Å². The Labute approximate surface area is 183 Å². The highest BCUT2D eigenvalue weighted by Gasteiger charge is 2.33. The molecule has 1 aliphatic heterocycles. The summed E-state index contributed by atoms with van der Waals surface area (Å²) in [5, 5.41) is 2.94. The molecular weight excluding hydrogens is 456 g/mol. The molecule has 3 N–H and O–H groups in total. The minimum absolute atomic E-state index is 0.0702. The third-order valence-electron chi connectivity index (χ3n) is 4.84. The normalized spacial score (nSPS) is 15.7. The highest BCUT2D eigenvalue weighted by atomic mass is 35.5. The zero-order valence-corrected chi connectivity index (χ0v) is 17.9. The van der Waals surface area contributed by atoms with Crippen molar-refractivity contribution in [3.8, 4) is 0 Å². The molecule has 1 aliphatic rings. The average Bonchev–Trinajstić information content (AvgIpc) is 2.71. The molecule has 0 radical (unpaired) electrons. The number of rotatable bonds is 5. The van der Waals surface area contributed by atoms with Gasteiger partial charge in [0.2, 0.25) is 15.9 Å². The van der Waals surface area contributed by atoms with E-state index in [9.17, 15) is 22.4 Å². The molecule has 0 bridgehead atoms. The van der Waals surface area contributed by atoms with Crippen LogP contribution >= 0.6 is 23.2 Å². The lowest BCUT2D eigenvalue weighted by Crippen LogP contribution is -2.41. The molecule has 2 aromatic carbocycles. The second-order valence-electron chi connectivity index (χ2n) is 6.80. The Morgan fingerprint density at radius 3 is 2.40 bits per heavy atom. The van der Waals surface area contributed by atoms with E-state index < -0.39 is 27.7 Å². The van der Waals surface area contributed by atoms with Gasteiger partial charge >= 0.3 is 0 Å². The predicted molar refractivity (Wildman–Crippen MR) is 111 cm³/mol. The van der Waals surface area contributed by atoms with Crippen LogP contribution in [0.5, 0.6) is 0 Å². The van der Waals surface area contributed by atoms with Crippen LogP contribution in [-0.2, 0) is 14.8 Å². The van der Waals surface area contributed by atoms with Crippen molar-refractivity contribution in [2.75, 3.05) is 18.4 Å². The number of primary amides is 1. The summed E-state index contributed by atoms with van der Waals surface area (Å²) in [5.74, 6) is -2.52. The third-order valence-corrected chi connectivity index (χ3v) is 7.45. The highest BCUT2D eigenvalue weighted by molar-refractivity contribution is 7.89. The molecule has 1 fully saturated rings. The van der Waals surface area contributed by atoms with Gasteiger partial charge in [0.25, 0.3) is 5.91 Å². The molecule has 1 saturated heterocycles. The lowest BCUT2D eigenvalue weighted by atomic mass is 9.97. The van der Waals surface area contributed by atoms with Crippen molar-refractivity contribution in [1.29, 1.82) is 0 Å². The Hall–Kier alpha value is -2.20.